The molecule has 0 aliphatic carbocycles. The van der Waals surface area contributed by atoms with E-state index in [0.717, 1.165) is 30.3 Å². The first kappa shape index (κ1) is 33.2. The number of unbranched alkanes of at least 4 members (excludes halogenated alkanes) is 11. The SMILES string of the molecule is CCCCCCCCCCCCCCNOP(=O)(OCCC)OCC[N+](C)(C)C.[NaH]. The van der Waals surface area contributed by atoms with Gasteiger partial charge in [-0.1, -0.05) is 84.5 Å². The summed E-state index contributed by atoms with van der Waals surface area (Å²) in [5.41, 5.74) is 2.80. The summed E-state index contributed by atoms with van der Waals surface area (Å²) in [7, 11) is 2.66. The van der Waals surface area contributed by atoms with Crippen molar-refractivity contribution < 1.29 is 22.7 Å². The summed E-state index contributed by atoms with van der Waals surface area (Å²) in [6.45, 7) is 6.34. The maximum absolute atomic E-state index is 12.6. The average Bonchev–Trinajstić information content (AvgIpc) is 2.66. The van der Waals surface area contributed by atoms with Crippen molar-refractivity contribution in [2.75, 3.05) is 47.4 Å². The molecule has 178 valence electrons. The summed E-state index contributed by atoms with van der Waals surface area (Å²) >= 11 is 0. The number of likely N-dealkylation sites (N-methyl/N-ethyl adjacent to an activating group) is 1. The molecule has 0 aromatic rings. The first-order chi connectivity index (χ1) is 13.8. The van der Waals surface area contributed by atoms with E-state index in [1.165, 1.54) is 64.2 Å². The Morgan fingerprint density at radius 2 is 1.17 bits per heavy atom. The first-order valence-electron chi connectivity index (χ1n) is 11.9. The van der Waals surface area contributed by atoms with Gasteiger partial charge in [-0.15, -0.1) is 0 Å². The van der Waals surface area contributed by atoms with Crippen LogP contribution in [0.4, 0.5) is 0 Å². The molecule has 0 aliphatic heterocycles. The van der Waals surface area contributed by atoms with Gasteiger partial charge in [0.25, 0.3) is 0 Å². The summed E-state index contributed by atoms with van der Waals surface area (Å²) in [5.74, 6) is 0. The van der Waals surface area contributed by atoms with E-state index in [4.69, 9.17) is 13.7 Å². The van der Waals surface area contributed by atoms with Crippen LogP contribution in [0.1, 0.15) is 97.3 Å². The summed E-state index contributed by atoms with van der Waals surface area (Å²) in [6, 6.07) is 0. The van der Waals surface area contributed by atoms with Gasteiger partial charge in [0, 0.05) is 6.54 Å². The number of hydroxylamine groups is 1. The zero-order chi connectivity index (χ0) is 21.8. The molecule has 1 unspecified atom stereocenters. The Morgan fingerprint density at radius 3 is 1.63 bits per heavy atom. The minimum atomic E-state index is -3.53. The molecule has 8 heteroatoms. The van der Waals surface area contributed by atoms with Crippen molar-refractivity contribution in [3.63, 3.8) is 0 Å². The second-order valence-electron chi connectivity index (χ2n) is 9.00. The molecule has 6 nitrogen and oxygen atoms in total. The minimum absolute atomic E-state index is 0. The predicted molar refractivity (Wildman–Crippen MR) is 130 cm³/mol. The van der Waals surface area contributed by atoms with E-state index >= 15 is 0 Å². The molecule has 0 radical (unpaired) electrons. The molecule has 0 fully saturated rings. The van der Waals surface area contributed by atoms with Crippen molar-refractivity contribution in [1.82, 2.24) is 5.48 Å². The Bertz CT molecular complexity index is 409. The quantitative estimate of drug-likeness (QED) is 0.0724. The van der Waals surface area contributed by atoms with Crippen LogP contribution in [0, 0.1) is 0 Å². The van der Waals surface area contributed by atoms with Crippen molar-refractivity contribution in [1.29, 1.82) is 0 Å². The Kier molecular flexibility index (Phi) is 24.2. The van der Waals surface area contributed by atoms with Crippen molar-refractivity contribution in [2.45, 2.75) is 97.3 Å². The fourth-order valence-corrected chi connectivity index (χ4v) is 4.02. The standard InChI is InChI=1S/C22H50N2O4P.Na.H/c1-6-8-9-10-11-12-13-14-15-16-17-18-19-23-28-29(25,26-21-7-2)27-22-20-24(3,4)5;;/h23H,6-22H2,1-5H3;;/q+1;;. The Hall–Kier alpha value is 1.03. The normalized spacial score (nSPS) is 13.8. The summed E-state index contributed by atoms with van der Waals surface area (Å²) in [4.78, 5) is 0. The molecular weight excluding hydrogens is 410 g/mol. The summed E-state index contributed by atoms with van der Waals surface area (Å²) < 4.78 is 29.5. The summed E-state index contributed by atoms with van der Waals surface area (Å²) in [5, 5.41) is 0. The molecule has 0 amide bonds. The molecule has 0 saturated heterocycles. The third-order valence-electron chi connectivity index (χ3n) is 4.77. The molecule has 0 saturated carbocycles. The molecule has 0 spiro atoms. The number of rotatable bonds is 22. The Balaban J connectivity index is 0. The zero-order valence-electron chi connectivity index (χ0n) is 20.0. The van der Waals surface area contributed by atoms with Gasteiger partial charge in [-0.3, -0.25) is 9.05 Å². The van der Waals surface area contributed by atoms with Crippen molar-refractivity contribution in [3.8, 4) is 0 Å². The number of hydrogen-bond donors (Lipinski definition) is 1. The molecular formula is C22H51N2NaO4P+. The molecule has 30 heavy (non-hydrogen) atoms. The van der Waals surface area contributed by atoms with Crippen molar-refractivity contribution in [2.24, 2.45) is 0 Å². The van der Waals surface area contributed by atoms with Gasteiger partial charge in [-0.05, 0) is 12.8 Å². The van der Waals surface area contributed by atoms with Crippen LogP contribution >= 0.6 is 7.82 Å². The van der Waals surface area contributed by atoms with Crippen LogP contribution in [-0.2, 0) is 18.2 Å². The van der Waals surface area contributed by atoms with Crippen molar-refractivity contribution >= 4 is 37.4 Å². The van der Waals surface area contributed by atoms with E-state index in [-0.39, 0.29) is 29.6 Å². The Labute approximate surface area is 209 Å². The molecule has 0 rings (SSSR count). The van der Waals surface area contributed by atoms with Crippen LogP contribution in [0.25, 0.3) is 0 Å². The molecule has 0 aliphatic rings. The van der Waals surface area contributed by atoms with E-state index in [1.54, 1.807) is 0 Å². The third-order valence-corrected chi connectivity index (χ3v) is 6.12. The second kappa shape index (κ2) is 21.9. The van der Waals surface area contributed by atoms with E-state index in [9.17, 15) is 4.57 Å². The Morgan fingerprint density at radius 1 is 0.700 bits per heavy atom. The second-order valence-corrected chi connectivity index (χ2v) is 10.6. The van der Waals surface area contributed by atoms with Crippen LogP contribution in [0.2, 0.25) is 0 Å². The fraction of sp³-hybridized carbons (Fsp3) is 1.00. The molecule has 1 N–H and O–H groups in total. The van der Waals surface area contributed by atoms with Crippen molar-refractivity contribution in [3.05, 3.63) is 0 Å². The average molecular weight is 462 g/mol. The molecule has 0 heterocycles. The number of phosphoric ester groups is 1. The van der Waals surface area contributed by atoms with Crippen LogP contribution < -0.4 is 5.48 Å². The van der Waals surface area contributed by atoms with Gasteiger partial charge in [-0.2, -0.15) is 10.1 Å². The van der Waals surface area contributed by atoms with Gasteiger partial charge < -0.3 is 4.48 Å². The molecule has 0 bridgehead atoms. The first-order valence-corrected chi connectivity index (χ1v) is 13.4. The van der Waals surface area contributed by atoms with Gasteiger partial charge in [0.05, 0.1) is 27.7 Å². The van der Waals surface area contributed by atoms with E-state index in [0.29, 0.717) is 19.8 Å². The van der Waals surface area contributed by atoms with Crippen LogP contribution in [0.5, 0.6) is 0 Å². The van der Waals surface area contributed by atoms with Gasteiger partial charge in [0.1, 0.15) is 13.2 Å². The van der Waals surface area contributed by atoms with E-state index in [2.05, 4.69) is 33.5 Å². The van der Waals surface area contributed by atoms with Gasteiger partial charge in [-0.25, -0.2) is 4.57 Å². The van der Waals surface area contributed by atoms with Gasteiger partial charge in [0.2, 0.25) is 0 Å². The number of phosphoric acid groups is 1. The van der Waals surface area contributed by atoms with Gasteiger partial charge >= 0.3 is 37.4 Å². The maximum atomic E-state index is 12.6. The topological polar surface area (TPSA) is 56.8 Å². The predicted octanol–water partition coefficient (Wildman–Crippen LogP) is 5.82. The monoisotopic (exact) mass is 461 g/mol. The molecule has 0 aromatic carbocycles. The fourth-order valence-electron chi connectivity index (χ4n) is 2.88. The van der Waals surface area contributed by atoms with E-state index in [1.807, 2.05) is 6.92 Å². The number of nitrogens with one attached hydrogen (secondary N) is 1. The number of nitrogens with zero attached hydrogens (tertiary/aromatic N) is 1. The zero-order valence-corrected chi connectivity index (χ0v) is 20.9. The van der Waals surface area contributed by atoms with Crippen LogP contribution in [-0.4, -0.2) is 81.5 Å². The molecule has 0 aromatic heterocycles. The van der Waals surface area contributed by atoms with Crippen LogP contribution in [0.15, 0.2) is 0 Å². The number of hydrogen-bond acceptors (Lipinski definition) is 5. The molecule has 1 atom stereocenters. The van der Waals surface area contributed by atoms with Crippen LogP contribution in [0.3, 0.4) is 0 Å². The summed E-state index contributed by atoms with van der Waals surface area (Å²) in [6.07, 6.45) is 16.5. The van der Waals surface area contributed by atoms with Gasteiger partial charge in [0.15, 0.2) is 0 Å². The van der Waals surface area contributed by atoms with E-state index < -0.39 is 7.82 Å². The number of quaternary nitrogens is 1. The third kappa shape index (κ3) is 23.7.